The van der Waals surface area contributed by atoms with Crippen LogP contribution in [0.5, 0.6) is 0 Å². The molecule has 0 radical (unpaired) electrons. The Kier molecular flexibility index (Phi) is 3.82. The van der Waals surface area contributed by atoms with E-state index in [0.717, 1.165) is 63.4 Å². The van der Waals surface area contributed by atoms with Gasteiger partial charge in [0.15, 0.2) is 5.65 Å². The second kappa shape index (κ2) is 5.95. The Morgan fingerprint density at radius 3 is 3.09 bits per heavy atom. The molecular formula is C16H22N4O2. The topological polar surface area (TPSA) is 60.7 Å². The lowest BCUT2D eigenvalue weighted by Crippen LogP contribution is -2.49. The highest BCUT2D eigenvalue weighted by Gasteiger charge is 2.38. The lowest BCUT2D eigenvalue weighted by atomic mass is 9.84. The summed E-state index contributed by atoms with van der Waals surface area (Å²) in [6, 6.07) is 6.59. The standard InChI is InChI=1S/C16H22N4O2/c1-2-14(20-15(3-1)18-12-19-20)11-17-13-4-7-22-16(10-13)5-8-21-9-6-16/h1-3,12-13,17H,4-11H2. The maximum atomic E-state index is 6.10. The van der Waals surface area contributed by atoms with E-state index >= 15 is 0 Å². The Bertz CT molecular complexity index is 630. The van der Waals surface area contributed by atoms with E-state index in [9.17, 15) is 0 Å². The van der Waals surface area contributed by atoms with Crippen molar-refractivity contribution in [3.63, 3.8) is 0 Å². The number of pyridine rings is 1. The molecule has 0 aliphatic carbocycles. The number of fused-ring (bicyclic) bond motifs is 1. The normalized spacial score (nSPS) is 24.8. The molecule has 2 aliphatic rings. The Balaban J connectivity index is 1.42. The number of nitrogens with zero attached hydrogens (tertiary/aromatic N) is 3. The minimum absolute atomic E-state index is 0.0351. The van der Waals surface area contributed by atoms with Gasteiger partial charge in [-0.25, -0.2) is 9.50 Å². The molecule has 118 valence electrons. The van der Waals surface area contributed by atoms with Crippen LogP contribution in [0, 0.1) is 0 Å². The van der Waals surface area contributed by atoms with Gasteiger partial charge in [-0.2, -0.15) is 5.10 Å². The number of hydrogen-bond acceptors (Lipinski definition) is 5. The zero-order valence-electron chi connectivity index (χ0n) is 12.7. The van der Waals surface area contributed by atoms with Crippen LogP contribution in [0.3, 0.4) is 0 Å². The Morgan fingerprint density at radius 2 is 2.18 bits per heavy atom. The van der Waals surface area contributed by atoms with Crippen LogP contribution in [-0.4, -0.2) is 46.1 Å². The molecule has 4 rings (SSSR count). The Labute approximate surface area is 129 Å². The first-order chi connectivity index (χ1) is 10.8. The van der Waals surface area contributed by atoms with Crippen LogP contribution >= 0.6 is 0 Å². The van der Waals surface area contributed by atoms with Crippen LogP contribution in [0.2, 0.25) is 0 Å². The van der Waals surface area contributed by atoms with Crippen LogP contribution in [0.1, 0.15) is 31.4 Å². The lowest BCUT2D eigenvalue weighted by Gasteiger charge is -2.43. The summed E-state index contributed by atoms with van der Waals surface area (Å²) in [6.45, 7) is 3.29. The smallest absolute Gasteiger partial charge is 0.155 e. The predicted octanol–water partition coefficient (Wildman–Crippen LogP) is 1.55. The number of ether oxygens (including phenoxy) is 2. The summed E-state index contributed by atoms with van der Waals surface area (Å²) >= 11 is 0. The van der Waals surface area contributed by atoms with Crippen molar-refractivity contribution < 1.29 is 9.47 Å². The molecule has 1 atom stereocenters. The van der Waals surface area contributed by atoms with E-state index in [0.29, 0.717) is 6.04 Å². The van der Waals surface area contributed by atoms with Gasteiger partial charge in [-0.05, 0) is 37.8 Å². The summed E-state index contributed by atoms with van der Waals surface area (Å²) < 4.78 is 13.5. The van der Waals surface area contributed by atoms with Gasteiger partial charge in [-0.15, -0.1) is 0 Å². The van der Waals surface area contributed by atoms with Crippen molar-refractivity contribution in [3.05, 3.63) is 30.2 Å². The maximum Gasteiger partial charge on any atom is 0.155 e. The molecule has 2 fully saturated rings. The van der Waals surface area contributed by atoms with Gasteiger partial charge in [-0.1, -0.05) is 6.07 Å². The maximum absolute atomic E-state index is 6.10. The molecule has 1 spiro atoms. The highest BCUT2D eigenvalue weighted by Crippen LogP contribution is 2.34. The van der Waals surface area contributed by atoms with E-state index in [2.05, 4.69) is 21.5 Å². The molecule has 2 aromatic rings. The summed E-state index contributed by atoms with van der Waals surface area (Å²) in [4.78, 5) is 4.23. The van der Waals surface area contributed by atoms with Crippen molar-refractivity contribution >= 4 is 5.65 Å². The third kappa shape index (κ3) is 2.74. The molecule has 0 aromatic carbocycles. The van der Waals surface area contributed by atoms with Crippen LogP contribution in [0.15, 0.2) is 24.5 Å². The van der Waals surface area contributed by atoms with Gasteiger partial charge in [0.25, 0.3) is 0 Å². The van der Waals surface area contributed by atoms with Crippen molar-refractivity contribution in [1.82, 2.24) is 19.9 Å². The van der Waals surface area contributed by atoms with Gasteiger partial charge in [0.2, 0.25) is 0 Å². The number of aromatic nitrogens is 3. The molecule has 0 bridgehead atoms. The van der Waals surface area contributed by atoms with Crippen LogP contribution in [0.4, 0.5) is 0 Å². The van der Waals surface area contributed by atoms with Gasteiger partial charge < -0.3 is 14.8 Å². The molecule has 6 heteroatoms. The molecule has 1 N–H and O–H groups in total. The molecule has 4 heterocycles. The van der Waals surface area contributed by atoms with Gasteiger partial charge >= 0.3 is 0 Å². The summed E-state index contributed by atoms with van der Waals surface area (Å²) in [7, 11) is 0. The zero-order chi connectivity index (χ0) is 14.8. The van der Waals surface area contributed by atoms with Crippen molar-refractivity contribution in [2.45, 2.75) is 43.9 Å². The second-order valence-electron chi connectivity index (χ2n) is 6.26. The monoisotopic (exact) mass is 302 g/mol. The fourth-order valence-electron chi connectivity index (χ4n) is 3.58. The fourth-order valence-corrected chi connectivity index (χ4v) is 3.58. The fraction of sp³-hybridized carbons (Fsp3) is 0.625. The lowest BCUT2D eigenvalue weighted by molar-refractivity contribution is -0.140. The third-order valence-corrected chi connectivity index (χ3v) is 4.85. The van der Waals surface area contributed by atoms with Crippen molar-refractivity contribution in [2.75, 3.05) is 19.8 Å². The summed E-state index contributed by atoms with van der Waals surface area (Å²) in [6.07, 6.45) is 5.78. The van der Waals surface area contributed by atoms with E-state index in [1.807, 2.05) is 16.6 Å². The van der Waals surface area contributed by atoms with Crippen molar-refractivity contribution in [3.8, 4) is 0 Å². The highest BCUT2D eigenvalue weighted by molar-refractivity contribution is 5.37. The molecule has 2 aliphatic heterocycles. The van der Waals surface area contributed by atoms with Crippen molar-refractivity contribution in [2.24, 2.45) is 0 Å². The van der Waals surface area contributed by atoms with Gasteiger partial charge in [0, 0.05) is 32.4 Å². The Hall–Kier alpha value is -1.50. The van der Waals surface area contributed by atoms with Crippen LogP contribution in [-0.2, 0) is 16.0 Å². The third-order valence-electron chi connectivity index (χ3n) is 4.85. The SMILES string of the molecule is c1cc(CNC2CCOC3(CCOCC3)C2)n2ncnc2c1. The minimum atomic E-state index is 0.0351. The van der Waals surface area contributed by atoms with E-state index in [4.69, 9.17) is 9.47 Å². The molecular weight excluding hydrogens is 280 g/mol. The second-order valence-corrected chi connectivity index (χ2v) is 6.26. The molecule has 0 amide bonds. The number of rotatable bonds is 3. The molecule has 1 unspecified atom stereocenters. The summed E-state index contributed by atoms with van der Waals surface area (Å²) in [5.41, 5.74) is 2.07. The molecule has 0 saturated carbocycles. The first-order valence-electron chi connectivity index (χ1n) is 8.07. The summed E-state index contributed by atoms with van der Waals surface area (Å²) in [5, 5.41) is 7.97. The average molecular weight is 302 g/mol. The van der Waals surface area contributed by atoms with E-state index in [1.54, 1.807) is 6.33 Å². The largest absolute Gasteiger partial charge is 0.381 e. The number of hydrogen-bond donors (Lipinski definition) is 1. The van der Waals surface area contributed by atoms with Gasteiger partial charge in [0.05, 0.1) is 11.3 Å². The van der Waals surface area contributed by atoms with E-state index < -0.39 is 0 Å². The van der Waals surface area contributed by atoms with Crippen molar-refractivity contribution in [1.29, 1.82) is 0 Å². The number of nitrogens with one attached hydrogen (secondary N) is 1. The van der Waals surface area contributed by atoms with Gasteiger partial charge in [0.1, 0.15) is 6.33 Å². The minimum Gasteiger partial charge on any atom is -0.381 e. The summed E-state index contributed by atoms with van der Waals surface area (Å²) in [5.74, 6) is 0. The molecule has 22 heavy (non-hydrogen) atoms. The first kappa shape index (κ1) is 14.1. The average Bonchev–Trinajstić information content (AvgIpc) is 3.03. The predicted molar refractivity (Wildman–Crippen MR) is 81.6 cm³/mol. The van der Waals surface area contributed by atoms with E-state index in [-0.39, 0.29) is 5.60 Å². The van der Waals surface area contributed by atoms with E-state index in [1.165, 1.54) is 0 Å². The zero-order valence-corrected chi connectivity index (χ0v) is 12.7. The first-order valence-corrected chi connectivity index (χ1v) is 8.07. The molecule has 2 saturated heterocycles. The quantitative estimate of drug-likeness (QED) is 0.932. The molecule has 2 aromatic heterocycles. The molecule has 6 nitrogen and oxygen atoms in total. The van der Waals surface area contributed by atoms with Crippen LogP contribution in [0.25, 0.3) is 5.65 Å². The highest BCUT2D eigenvalue weighted by atomic mass is 16.5. The van der Waals surface area contributed by atoms with Gasteiger partial charge in [-0.3, -0.25) is 0 Å². The van der Waals surface area contributed by atoms with Crippen LogP contribution < -0.4 is 5.32 Å². The Morgan fingerprint density at radius 1 is 1.27 bits per heavy atom.